The third kappa shape index (κ3) is 6.26. The SMILES string of the molecule is C=CC(=O)OCC(C(=O)C(=O)CC)C(CCC)C(=O)C(=O)CC. The lowest BCUT2D eigenvalue weighted by Gasteiger charge is -2.23. The number of hydrogen-bond donors (Lipinski definition) is 0. The van der Waals surface area contributed by atoms with E-state index in [0.29, 0.717) is 6.42 Å². The molecule has 0 amide bonds. The third-order valence-electron chi connectivity index (χ3n) is 3.52. The molecule has 0 aromatic carbocycles. The first kappa shape index (κ1) is 20.9. The first-order valence-electron chi connectivity index (χ1n) is 7.77. The number of Topliss-reactive ketones (excluding diaryl/α,β-unsaturated/α-hetero) is 4. The Kier molecular flexibility index (Phi) is 9.62. The molecule has 0 radical (unpaired) electrons. The minimum absolute atomic E-state index is 0.0144. The number of hydrogen-bond acceptors (Lipinski definition) is 6. The lowest BCUT2D eigenvalue weighted by Crippen LogP contribution is -2.39. The topological polar surface area (TPSA) is 94.6 Å². The average molecular weight is 324 g/mol. The minimum atomic E-state index is -1.13. The largest absolute Gasteiger partial charge is 0.462 e. The molecule has 2 unspecified atom stereocenters. The van der Waals surface area contributed by atoms with Gasteiger partial charge in [-0.1, -0.05) is 33.8 Å². The molecule has 0 saturated heterocycles. The quantitative estimate of drug-likeness (QED) is 0.309. The molecule has 0 aliphatic heterocycles. The van der Waals surface area contributed by atoms with Crippen molar-refractivity contribution >= 4 is 29.1 Å². The van der Waals surface area contributed by atoms with E-state index in [-0.39, 0.29) is 19.3 Å². The van der Waals surface area contributed by atoms with Gasteiger partial charge in [-0.05, 0) is 6.42 Å². The summed E-state index contributed by atoms with van der Waals surface area (Å²) in [6, 6.07) is 0. The summed E-state index contributed by atoms with van der Waals surface area (Å²) in [6.07, 6.45) is 1.75. The molecule has 6 nitrogen and oxygen atoms in total. The molecule has 0 aliphatic rings. The van der Waals surface area contributed by atoms with Crippen molar-refractivity contribution in [2.75, 3.05) is 6.61 Å². The van der Waals surface area contributed by atoms with Crippen LogP contribution >= 0.6 is 0 Å². The number of carbonyl (C=O) groups is 5. The van der Waals surface area contributed by atoms with Gasteiger partial charge in [0.05, 0.1) is 5.92 Å². The molecule has 0 fully saturated rings. The molecule has 128 valence electrons. The Bertz CT molecular complexity index is 491. The van der Waals surface area contributed by atoms with Crippen LogP contribution in [0, 0.1) is 11.8 Å². The summed E-state index contributed by atoms with van der Waals surface area (Å²) in [5, 5.41) is 0. The molecule has 0 aromatic rings. The number of ketones is 4. The van der Waals surface area contributed by atoms with E-state index in [1.165, 1.54) is 6.92 Å². The second-order valence-corrected chi connectivity index (χ2v) is 5.12. The molecule has 0 saturated carbocycles. The van der Waals surface area contributed by atoms with Gasteiger partial charge in [0.2, 0.25) is 11.6 Å². The number of esters is 1. The highest BCUT2D eigenvalue weighted by atomic mass is 16.5. The Labute approximate surface area is 136 Å². The molecule has 0 spiro atoms. The zero-order valence-electron chi connectivity index (χ0n) is 13.9. The van der Waals surface area contributed by atoms with Crippen LogP contribution < -0.4 is 0 Å². The molecule has 0 aliphatic carbocycles. The zero-order chi connectivity index (χ0) is 18.0. The Balaban J connectivity index is 5.53. The predicted molar refractivity (Wildman–Crippen MR) is 83.7 cm³/mol. The number of rotatable bonds is 12. The standard InChI is InChI=1S/C17H24O6/c1-5-9-11(16(21)13(18)6-2)12(10-23-15(20)8-4)17(22)14(19)7-3/h8,11-12H,4-7,9-10H2,1-3H3. The molecular weight excluding hydrogens is 300 g/mol. The summed E-state index contributed by atoms with van der Waals surface area (Å²) < 4.78 is 4.87. The van der Waals surface area contributed by atoms with E-state index >= 15 is 0 Å². The number of ether oxygens (including phenoxy) is 1. The summed E-state index contributed by atoms with van der Waals surface area (Å²) in [6.45, 7) is 7.71. The van der Waals surface area contributed by atoms with Gasteiger partial charge in [0.15, 0.2) is 11.6 Å². The number of carbonyl (C=O) groups excluding carboxylic acids is 5. The Hall–Kier alpha value is -2.11. The fourth-order valence-electron chi connectivity index (χ4n) is 2.19. The zero-order valence-corrected chi connectivity index (χ0v) is 13.9. The third-order valence-corrected chi connectivity index (χ3v) is 3.52. The maximum atomic E-state index is 12.3. The van der Waals surface area contributed by atoms with Crippen molar-refractivity contribution in [2.24, 2.45) is 11.8 Å². The van der Waals surface area contributed by atoms with Gasteiger partial charge >= 0.3 is 5.97 Å². The van der Waals surface area contributed by atoms with Crippen LogP contribution in [0.3, 0.4) is 0 Å². The Morgan fingerprint density at radius 1 is 0.913 bits per heavy atom. The van der Waals surface area contributed by atoms with E-state index in [4.69, 9.17) is 4.74 Å². The molecule has 0 heterocycles. The predicted octanol–water partition coefficient (Wildman–Crippen LogP) is 1.84. The van der Waals surface area contributed by atoms with Gasteiger partial charge in [0.1, 0.15) is 6.61 Å². The van der Waals surface area contributed by atoms with E-state index in [9.17, 15) is 24.0 Å². The smallest absolute Gasteiger partial charge is 0.330 e. The first-order valence-corrected chi connectivity index (χ1v) is 7.77. The normalized spacial score (nSPS) is 12.8. The highest BCUT2D eigenvalue weighted by molar-refractivity contribution is 6.41. The lowest BCUT2D eigenvalue weighted by molar-refractivity contribution is -0.150. The molecule has 6 heteroatoms. The highest BCUT2D eigenvalue weighted by Gasteiger charge is 2.38. The van der Waals surface area contributed by atoms with Crippen molar-refractivity contribution < 1.29 is 28.7 Å². The summed E-state index contributed by atoms with van der Waals surface area (Å²) in [5.74, 6) is -5.55. The van der Waals surface area contributed by atoms with Crippen LogP contribution in [0.15, 0.2) is 12.7 Å². The summed E-state index contributed by atoms with van der Waals surface area (Å²) in [7, 11) is 0. The lowest BCUT2D eigenvalue weighted by atomic mass is 9.80. The van der Waals surface area contributed by atoms with E-state index < -0.39 is 47.5 Å². The van der Waals surface area contributed by atoms with Crippen LogP contribution in [-0.4, -0.2) is 35.7 Å². The minimum Gasteiger partial charge on any atom is -0.462 e. The van der Waals surface area contributed by atoms with Gasteiger partial charge in [-0.25, -0.2) is 4.79 Å². The first-order chi connectivity index (χ1) is 10.8. The van der Waals surface area contributed by atoms with Gasteiger partial charge in [-0.3, -0.25) is 19.2 Å². The van der Waals surface area contributed by atoms with Crippen LogP contribution in [0.2, 0.25) is 0 Å². The molecule has 0 aromatic heterocycles. The van der Waals surface area contributed by atoms with Gasteiger partial charge in [-0.15, -0.1) is 0 Å². The molecule has 0 N–H and O–H groups in total. The molecule has 0 bridgehead atoms. The molecule has 0 rings (SSSR count). The van der Waals surface area contributed by atoms with Crippen LogP contribution in [0.5, 0.6) is 0 Å². The maximum absolute atomic E-state index is 12.3. The summed E-state index contributed by atoms with van der Waals surface area (Å²) in [5.41, 5.74) is 0. The van der Waals surface area contributed by atoms with Crippen molar-refractivity contribution in [1.82, 2.24) is 0 Å². The van der Waals surface area contributed by atoms with E-state index in [1.807, 2.05) is 0 Å². The van der Waals surface area contributed by atoms with E-state index in [1.54, 1.807) is 13.8 Å². The van der Waals surface area contributed by atoms with Crippen molar-refractivity contribution in [3.05, 3.63) is 12.7 Å². The van der Waals surface area contributed by atoms with Gasteiger partial charge in [0.25, 0.3) is 0 Å². The van der Waals surface area contributed by atoms with Gasteiger partial charge in [-0.2, -0.15) is 0 Å². The second-order valence-electron chi connectivity index (χ2n) is 5.12. The maximum Gasteiger partial charge on any atom is 0.330 e. The van der Waals surface area contributed by atoms with Gasteiger partial charge in [0, 0.05) is 24.8 Å². The Morgan fingerprint density at radius 3 is 1.78 bits per heavy atom. The molecular formula is C17H24O6. The van der Waals surface area contributed by atoms with Crippen molar-refractivity contribution in [3.63, 3.8) is 0 Å². The van der Waals surface area contributed by atoms with E-state index in [2.05, 4.69) is 6.58 Å². The molecule has 2 atom stereocenters. The van der Waals surface area contributed by atoms with Crippen molar-refractivity contribution in [2.45, 2.75) is 46.5 Å². The van der Waals surface area contributed by atoms with Crippen molar-refractivity contribution in [1.29, 1.82) is 0 Å². The molecule has 23 heavy (non-hydrogen) atoms. The fraction of sp³-hybridized carbons (Fsp3) is 0.588. The van der Waals surface area contributed by atoms with Crippen molar-refractivity contribution in [3.8, 4) is 0 Å². The van der Waals surface area contributed by atoms with Gasteiger partial charge < -0.3 is 4.74 Å². The summed E-state index contributed by atoms with van der Waals surface area (Å²) >= 11 is 0. The average Bonchev–Trinajstić information content (AvgIpc) is 2.57. The van der Waals surface area contributed by atoms with E-state index in [0.717, 1.165) is 6.08 Å². The second kappa shape index (κ2) is 10.6. The van der Waals surface area contributed by atoms with Crippen LogP contribution in [0.4, 0.5) is 0 Å². The summed E-state index contributed by atoms with van der Waals surface area (Å²) in [4.78, 5) is 59.2. The fourth-order valence-corrected chi connectivity index (χ4v) is 2.19. The monoisotopic (exact) mass is 324 g/mol. The van der Waals surface area contributed by atoms with Crippen LogP contribution in [0.25, 0.3) is 0 Å². The van der Waals surface area contributed by atoms with Crippen LogP contribution in [0.1, 0.15) is 46.5 Å². The Morgan fingerprint density at radius 2 is 1.39 bits per heavy atom. The van der Waals surface area contributed by atoms with Crippen LogP contribution in [-0.2, 0) is 28.7 Å². The highest BCUT2D eigenvalue weighted by Crippen LogP contribution is 2.23.